The van der Waals surface area contributed by atoms with Gasteiger partial charge in [-0.25, -0.2) is 10.4 Å². The van der Waals surface area contributed by atoms with Crippen molar-refractivity contribution in [2.45, 2.75) is 0 Å². The third-order valence-electron chi connectivity index (χ3n) is 1.51. The van der Waals surface area contributed by atoms with E-state index in [0.29, 0.717) is 11.6 Å². The van der Waals surface area contributed by atoms with Crippen molar-refractivity contribution in [2.24, 2.45) is 0 Å². The minimum absolute atomic E-state index is 0.636. The third kappa shape index (κ3) is 3.72. The molecule has 0 saturated carbocycles. The van der Waals surface area contributed by atoms with Crippen LogP contribution in [0.5, 0.6) is 0 Å². The molecule has 0 aliphatic carbocycles. The first-order valence-corrected chi connectivity index (χ1v) is 4.06. The maximum Gasteiger partial charge on any atom is 0.0608 e. The molecule has 64 valence electrons. The molecule has 4 heteroatoms. The Bertz CT molecular complexity index is 134. The molecule has 11 heavy (non-hydrogen) atoms. The highest BCUT2D eigenvalue weighted by Gasteiger charge is 2.08. The van der Waals surface area contributed by atoms with E-state index in [4.69, 9.17) is 16.3 Å². The molecular formula is C7H13ClN2O. The van der Waals surface area contributed by atoms with Gasteiger partial charge in [0.05, 0.1) is 13.2 Å². The van der Waals surface area contributed by atoms with E-state index in [1.807, 2.05) is 0 Å². The molecule has 0 aromatic heterocycles. The minimum Gasteiger partial charge on any atom is -0.379 e. The van der Waals surface area contributed by atoms with Crippen LogP contribution in [-0.4, -0.2) is 37.9 Å². The van der Waals surface area contributed by atoms with Crippen LogP contribution < -0.4 is 5.43 Å². The SMILES string of the molecule is C=C(Cl)CNN1CCOCC1. The van der Waals surface area contributed by atoms with E-state index in [1.54, 1.807) is 0 Å². The van der Waals surface area contributed by atoms with Crippen LogP contribution in [0.25, 0.3) is 0 Å². The third-order valence-corrected chi connectivity index (χ3v) is 1.64. The van der Waals surface area contributed by atoms with Crippen LogP contribution in [0.4, 0.5) is 0 Å². The zero-order valence-electron chi connectivity index (χ0n) is 6.48. The second-order valence-electron chi connectivity index (χ2n) is 2.45. The summed E-state index contributed by atoms with van der Waals surface area (Å²) in [4.78, 5) is 0. The molecule has 1 saturated heterocycles. The van der Waals surface area contributed by atoms with Gasteiger partial charge >= 0.3 is 0 Å². The van der Waals surface area contributed by atoms with Gasteiger partial charge in [-0.1, -0.05) is 18.2 Å². The lowest BCUT2D eigenvalue weighted by molar-refractivity contribution is 0.0142. The molecule has 1 aliphatic rings. The minimum atomic E-state index is 0.636. The maximum atomic E-state index is 5.58. The molecule has 0 aromatic rings. The topological polar surface area (TPSA) is 24.5 Å². The highest BCUT2D eigenvalue weighted by atomic mass is 35.5. The van der Waals surface area contributed by atoms with Gasteiger partial charge in [-0.3, -0.25) is 0 Å². The van der Waals surface area contributed by atoms with Crippen LogP contribution >= 0.6 is 11.6 Å². The molecule has 0 atom stereocenters. The Morgan fingerprint density at radius 2 is 2.18 bits per heavy atom. The van der Waals surface area contributed by atoms with Crippen molar-refractivity contribution in [2.75, 3.05) is 32.8 Å². The normalized spacial score (nSPS) is 20.1. The molecule has 1 aliphatic heterocycles. The lowest BCUT2D eigenvalue weighted by Crippen LogP contribution is -2.46. The van der Waals surface area contributed by atoms with E-state index in [9.17, 15) is 0 Å². The van der Waals surface area contributed by atoms with Crippen molar-refractivity contribution in [3.63, 3.8) is 0 Å². The summed E-state index contributed by atoms with van der Waals surface area (Å²) in [6.45, 7) is 7.65. The average Bonchev–Trinajstić information content (AvgIpc) is 2.03. The molecule has 0 unspecified atom stereocenters. The van der Waals surface area contributed by atoms with Crippen LogP contribution in [0.2, 0.25) is 0 Å². The zero-order valence-corrected chi connectivity index (χ0v) is 7.23. The maximum absolute atomic E-state index is 5.58. The fourth-order valence-corrected chi connectivity index (χ4v) is 0.979. The van der Waals surface area contributed by atoms with Gasteiger partial charge in [0.15, 0.2) is 0 Å². The first-order valence-electron chi connectivity index (χ1n) is 3.68. The summed E-state index contributed by atoms with van der Waals surface area (Å²) in [6.07, 6.45) is 0. The Balaban J connectivity index is 2.09. The van der Waals surface area contributed by atoms with Gasteiger partial charge in [0.25, 0.3) is 0 Å². The molecule has 0 amide bonds. The van der Waals surface area contributed by atoms with E-state index in [-0.39, 0.29) is 0 Å². The predicted molar refractivity (Wildman–Crippen MR) is 45.4 cm³/mol. The molecule has 1 N–H and O–H groups in total. The Morgan fingerprint density at radius 1 is 1.55 bits per heavy atom. The Hall–Kier alpha value is -0.0900. The predicted octanol–water partition coefficient (Wildman–Crippen LogP) is 0.576. The highest BCUT2D eigenvalue weighted by molar-refractivity contribution is 6.29. The number of morpholine rings is 1. The van der Waals surface area contributed by atoms with Crippen LogP contribution in [0, 0.1) is 0 Å². The van der Waals surface area contributed by atoms with Crippen molar-refractivity contribution in [1.82, 2.24) is 10.4 Å². The van der Waals surface area contributed by atoms with E-state index in [1.165, 1.54) is 0 Å². The van der Waals surface area contributed by atoms with Gasteiger partial charge in [0.2, 0.25) is 0 Å². The first kappa shape index (κ1) is 9.00. The fourth-order valence-electron chi connectivity index (χ4n) is 0.919. The number of ether oxygens (including phenoxy) is 1. The zero-order chi connectivity index (χ0) is 8.10. The van der Waals surface area contributed by atoms with E-state index < -0.39 is 0 Å². The van der Waals surface area contributed by atoms with Crippen LogP contribution in [-0.2, 0) is 4.74 Å². The van der Waals surface area contributed by atoms with Crippen molar-refractivity contribution in [3.8, 4) is 0 Å². The smallest absolute Gasteiger partial charge is 0.0608 e. The number of hydrogen-bond acceptors (Lipinski definition) is 3. The molecule has 0 radical (unpaired) electrons. The Labute approximate surface area is 71.9 Å². The number of nitrogens with zero attached hydrogens (tertiary/aromatic N) is 1. The van der Waals surface area contributed by atoms with E-state index in [0.717, 1.165) is 26.3 Å². The first-order chi connectivity index (χ1) is 5.29. The summed E-state index contributed by atoms with van der Waals surface area (Å²) in [5, 5.41) is 2.73. The summed E-state index contributed by atoms with van der Waals surface area (Å²) in [5.74, 6) is 0. The van der Waals surface area contributed by atoms with Crippen molar-refractivity contribution in [3.05, 3.63) is 11.6 Å². The lowest BCUT2D eigenvalue weighted by atomic mass is 10.5. The molecular weight excluding hydrogens is 164 g/mol. The summed E-state index contributed by atoms with van der Waals surface area (Å²) in [6, 6.07) is 0. The van der Waals surface area contributed by atoms with Gasteiger partial charge in [0, 0.05) is 24.7 Å². The largest absolute Gasteiger partial charge is 0.379 e. The molecule has 0 aromatic carbocycles. The average molecular weight is 177 g/mol. The monoisotopic (exact) mass is 176 g/mol. The highest BCUT2D eigenvalue weighted by Crippen LogP contribution is 1.96. The quantitative estimate of drug-likeness (QED) is 0.681. The number of hydrazine groups is 1. The second kappa shape index (κ2) is 4.72. The Morgan fingerprint density at radius 3 is 2.73 bits per heavy atom. The molecule has 3 nitrogen and oxygen atoms in total. The summed E-state index contributed by atoms with van der Waals surface area (Å²) in [7, 11) is 0. The molecule has 0 bridgehead atoms. The Kier molecular flexibility index (Phi) is 3.86. The summed E-state index contributed by atoms with van der Waals surface area (Å²) >= 11 is 5.58. The van der Waals surface area contributed by atoms with Gasteiger partial charge in [0.1, 0.15) is 0 Å². The lowest BCUT2D eigenvalue weighted by Gasteiger charge is -2.26. The van der Waals surface area contributed by atoms with E-state index >= 15 is 0 Å². The van der Waals surface area contributed by atoms with Crippen molar-refractivity contribution >= 4 is 11.6 Å². The molecule has 0 spiro atoms. The number of rotatable bonds is 3. The second-order valence-corrected chi connectivity index (χ2v) is 2.99. The van der Waals surface area contributed by atoms with Gasteiger partial charge in [-0.05, 0) is 0 Å². The van der Waals surface area contributed by atoms with Gasteiger partial charge < -0.3 is 4.74 Å². The summed E-state index contributed by atoms with van der Waals surface area (Å²) < 4.78 is 5.17. The van der Waals surface area contributed by atoms with Gasteiger partial charge in [-0.2, -0.15) is 0 Å². The van der Waals surface area contributed by atoms with Crippen LogP contribution in [0.1, 0.15) is 0 Å². The molecule has 1 heterocycles. The fraction of sp³-hybridized carbons (Fsp3) is 0.714. The number of halogens is 1. The van der Waals surface area contributed by atoms with Crippen LogP contribution in [0.3, 0.4) is 0 Å². The number of hydrogen-bond donors (Lipinski definition) is 1. The molecule has 1 fully saturated rings. The number of nitrogens with one attached hydrogen (secondary N) is 1. The van der Waals surface area contributed by atoms with Crippen molar-refractivity contribution in [1.29, 1.82) is 0 Å². The van der Waals surface area contributed by atoms with Crippen LogP contribution in [0.15, 0.2) is 11.6 Å². The van der Waals surface area contributed by atoms with E-state index in [2.05, 4.69) is 17.0 Å². The van der Waals surface area contributed by atoms with Crippen molar-refractivity contribution < 1.29 is 4.74 Å². The molecule has 1 rings (SSSR count). The summed E-state index contributed by atoms with van der Waals surface area (Å²) in [5.41, 5.74) is 3.14. The van der Waals surface area contributed by atoms with Gasteiger partial charge in [-0.15, -0.1) is 0 Å². The standard InChI is InChI=1S/C7H13ClN2O/c1-7(8)6-9-10-2-4-11-5-3-10/h9H,1-6H2.